The molecule has 2 aromatic carbocycles. The van der Waals surface area contributed by atoms with Crippen LogP contribution in [0.25, 0.3) is 5.69 Å². The van der Waals surface area contributed by atoms with Gasteiger partial charge in [0.2, 0.25) is 0 Å². The van der Waals surface area contributed by atoms with Crippen molar-refractivity contribution < 1.29 is 18.6 Å². The van der Waals surface area contributed by atoms with Crippen LogP contribution < -0.4 is 0 Å². The Bertz CT molecular complexity index is 944. The van der Waals surface area contributed by atoms with Crippen molar-refractivity contribution in [3.05, 3.63) is 83.7 Å². The van der Waals surface area contributed by atoms with E-state index in [1.807, 2.05) is 42.0 Å². The van der Waals surface area contributed by atoms with Crippen molar-refractivity contribution in [3.63, 3.8) is 0 Å². The average Bonchev–Trinajstić information content (AvgIpc) is 3.19. The fourth-order valence-electron chi connectivity index (χ4n) is 3.70. The third-order valence-corrected chi connectivity index (χ3v) is 5.39. The van der Waals surface area contributed by atoms with E-state index in [2.05, 4.69) is 17.1 Å². The van der Waals surface area contributed by atoms with Gasteiger partial charge in [0.15, 0.2) is 0 Å². The van der Waals surface area contributed by atoms with Crippen molar-refractivity contribution in [3.8, 4) is 5.69 Å². The van der Waals surface area contributed by atoms with Gasteiger partial charge in [0.1, 0.15) is 17.7 Å². The Balaban J connectivity index is 1.39. The van der Waals surface area contributed by atoms with Crippen LogP contribution in [-0.4, -0.2) is 35.5 Å². The minimum absolute atomic E-state index is 0.0181. The monoisotopic (exact) mass is 396 g/mol. The summed E-state index contributed by atoms with van der Waals surface area (Å²) in [6.07, 6.45) is 3.84. The molecule has 4 rings (SSSR count). The second-order valence-corrected chi connectivity index (χ2v) is 7.21. The molecule has 2 heterocycles. The summed E-state index contributed by atoms with van der Waals surface area (Å²) in [6.45, 7) is 2.45. The Hall–Kier alpha value is -2.54. The van der Waals surface area contributed by atoms with Gasteiger partial charge in [-0.05, 0) is 24.6 Å². The molecular weight excluding hydrogens is 371 g/mol. The van der Waals surface area contributed by atoms with E-state index in [1.54, 1.807) is 19.4 Å². The predicted molar refractivity (Wildman–Crippen MR) is 107 cm³/mol. The van der Waals surface area contributed by atoms with Gasteiger partial charge in [0.25, 0.3) is 0 Å². The average molecular weight is 396 g/mol. The van der Waals surface area contributed by atoms with E-state index in [-0.39, 0.29) is 30.7 Å². The lowest BCUT2D eigenvalue weighted by Crippen LogP contribution is -2.41. The first-order chi connectivity index (χ1) is 14.2. The SMILES string of the molecule is COC1CC(c2ccccc2)OCC1OCc1ccc(-n2ccnc2C)cc1F. The van der Waals surface area contributed by atoms with E-state index < -0.39 is 0 Å². The molecule has 1 saturated heterocycles. The van der Waals surface area contributed by atoms with Crippen LogP contribution in [0.15, 0.2) is 60.9 Å². The standard InChI is InChI=1S/C23H25FN2O3/c1-16-25-10-11-26(16)19-9-8-18(20(24)12-19)14-28-23-15-29-21(13-22(23)27-2)17-6-4-3-5-7-17/h3-12,21-23H,13-15H2,1-2H3. The van der Waals surface area contributed by atoms with Gasteiger partial charge < -0.3 is 18.8 Å². The van der Waals surface area contributed by atoms with Crippen LogP contribution >= 0.6 is 0 Å². The summed E-state index contributed by atoms with van der Waals surface area (Å²) >= 11 is 0. The highest BCUT2D eigenvalue weighted by atomic mass is 19.1. The highest BCUT2D eigenvalue weighted by Crippen LogP contribution is 2.31. The zero-order valence-corrected chi connectivity index (χ0v) is 16.6. The molecule has 1 fully saturated rings. The number of ether oxygens (including phenoxy) is 3. The van der Waals surface area contributed by atoms with Crippen LogP contribution in [0.3, 0.4) is 0 Å². The number of hydrogen-bond donors (Lipinski definition) is 0. The van der Waals surface area contributed by atoms with Crippen molar-refractivity contribution in [2.24, 2.45) is 0 Å². The van der Waals surface area contributed by atoms with Crippen LogP contribution in [-0.2, 0) is 20.8 Å². The molecule has 0 aliphatic carbocycles. The highest BCUT2D eigenvalue weighted by molar-refractivity contribution is 5.36. The second-order valence-electron chi connectivity index (χ2n) is 7.21. The van der Waals surface area contributed by atoms with Gasteiger partial charge in [-0.3, -0.25) is 0 Å². The lowest BCUT2D eigenvalue weighted by molar-refractivity contribution is -0.160. The molecule has 5 nitrogen and oxygen atoms in total. The Morgan fingerprint density at radius 1 is 1.17 bits per heavy atom. The molecule has 0 N–H and O–H groups in total. The Morgan fingerprint density at radius 2 is 2.00 bits per heavy atom. The van der Waals surface area contributed by atoms with Crippen molar-refractivity contribution in [2.45, 2.75) is 38.3 Å². The number of nitrogens with zero attached hydrogens (tertiary/aromatic N) is 2. The van der Waals surface area contributed by atoms with E-state index >= 15 is 0 Å². The topological polar surface area (TPSA) is 45.5 Å². The number of halogens is 1. The molecule has 3 aromatic rings. The maximum atomic E-state index is 14.6. The van der Waals surface area contributed by atoms with Crippen LogP contribution in [0.5, 0.6) is 0 Å². The van der Waals surface area contributed by atoms with Gasteiger partial charge >= 0.3 is 0 Å². The number of benzene rings is 2. The van der Waals surface area contributed by atoms with E-state index in [0.29, 0.717) is 18.6 Å². The van der Waals surface area contributed by atoms with Gasteiger partial charge in [-0.1, -0.05) is 36.4 Å². The third kappa shape index (κ3) is 4.40. The molecule has 3 unspecified atom stereocenters. The Morgan fingerprint density at radius 3 is 2.69 bits per heavy atom. The van der Waals surface area contributed by atoms with Crippen LogP contribution in [0, 0.1) is 12.7 Å². The number of hydrogen-bond acceptors (Lipinski definition) is 4. The first-order valence-electron chi connectivity index (χ1n) is 9.75. The molecule has 0 amide bonds. The Kier molecular flexibility index (Phi) is 6.04. The molecule has 0 spiro atoms. The summed E-state index contributed by atoms with van der Waals surface area (Å²) in [5, 5.41) is 0. The summed E-state index contributed by atoms with van der Waals surface area (Å²) in [4.78, 5) is 4.18. The van der Waals surface area contributed by atoms with Crippen molar-refractivity contribution in [1.82, 2.24) is 9.55 Å². The van der Waals surface area contributed by atoms with Gasteiger partial charge in [0.05, 0.1) is 25.4 Å². The van der Waals surface area contributed by atoms with Gasteiger partial charge in [-0.15, -0.1) is 0 Å². The molecule has 152 valence electrons. The number of imidazole rings is 1. The van der Waals surface area contributed by atoms with Crippen LogP contribution in [0.2, 0.25) is 0 Å². The molecule has 1 aliphatic heterocycles. The first-order valence-corrected chi connectivity index (χ1v) is 9.75. The molecule has 0 bridgehead atoms. The molecule has 6 heteroatoms. The fraction of sp³-hybridized carbons (Fsp3) is 0.348. The summed E-state index contributed by atoms with van der Waals surface area (Å²) in [6, 6.07) is 15.2. The largest absolute Gasteiger partial charge is 0.379 e. The van der Waals surface area contributed by atoms with E-state index in [4.69, 9.17) is 14.2 Å². The lowest BCUT2D eigenvalue weighted by atomic mass is 9.97. The van der Waals surface area contributed by atoms with Gasteiger partial charge in [0, 0.05) is 37.2 Å². The quantitative estimate of drug-likeness (QED) is 0.620. The Labute approximate surface area is 170 Å². The van der Waals surface area contributed by atoms with Crippen molar-refractivity contribution >= 4 is 0 Å². The van der Waals surface area contributed by atoms with Crippen LogP contribution in [0.4, 0.5) is 4.39 Å². The first kappa shape index (κ1) is 19.8. The van der Waals surface area contributed by atoms with Gasteiger partial charge in [-0.25, -0.2) is 9.37 Å². The van der Waals surface area contributed by atoms with Crippen molar-refractivity contribution in [2.75, 3.05) is 13.7 Å². The number of aromatic nitrogens is 2. The fourth-order valence-corrected chi connectivity index (χ4v) is 3.70. The zero-order chi connectivity index (χ0) is 20.2. The summed E-state index contributed by atoms with van der Waals surface area (Å²) in [5.74, 6) is 0.507. The number of aryl methyl sites for hydroxylation is 1. The van der Waals surface area contributed by atoms with E-state index in [1.165, 1.54) is 6.07 Å². The number of methoxy groups -OCH3 is 1. The minimum Gasteiger partial charge on any atom is -0.379 e. The predicted octanol–water partition coefficient (Wildman–Crippen LogP) is 4.38. The molecule has 0 saturated carbocycles. The highest BCUT2D eigenvalue weighted by Gasteiger charge is 2.33. The second kappa shape index (κ2) is 8.86. The maximum absolute atomic E-state index is 14.6. The molecular formula is C23H25FN2O3. The molecule has 1 aromatic heterocycles. The smallest absolute Gasteiger partial charge is 0.130 e. The number of rotatable bonds is 6. The molecule has 1 aliphatic rings. The summed E-state index contributed by atoms with van der Waals surface area (Å²) in [5.41, 5.74) is 2.37. The van der Waals surface area contributed by atoms with E-state index in [9.17, 15) is 4.39 Å². The maximum Gasteiger partial charge on any atom is 0.130 e. The minimum atomic E-state index is -0.302. The third-order valence-electron chi connectivity index (χ3n) is 5.39. The lowest BCUT2D eigenvalue weighted by Gasteiger charge is -2.35. The summed E-state index contributed by atoms with van der Waals surface area (Å²) in [7, 11) is 1.68. The molecule has 0 radical (unpaired) electrons. The molecule has 29 heavy (non-hydrogen) atoms. The molecule has 3 atom stereocenters. The van der Waals surface area contributed by atoms with E-state index in [0.717, 1.165) is 17.1 Å². The summed E-state index contributed by atoms with van der Waals surface area (Å²) < 4.78 is 34.1. The van der Waals surface area contributed by atoms with Gasteiger partial charge in [-0.2, -0.15) is 0 Å². The van der Waals surface area contributed by atoms with Crippen LogP contribution in [0.1, 0.15) is 29.5 Å². The zero-order valence-electron chi connectivity index (χ0n) is 16.6. The van der Waals surface area contributed by atoms with Crippen molar-refractivity contribution in [1.29, 1.82) is 0 Å². The normalized spacial score (nSPS) is 22.0.